The predicted octanol–water partition coefficient (Wildman–Crippen LogP) is 5.75. The smallest absolute Gasteiger partial charge is 0.322 e. The lowest BCUT2D eigenvalue weighted by Gasteiger charge is -2.39. The number of hydrogen-bond donors (Lipinski definition) is 1. The monoisotopic (exact) mass is 486 g/mol. The zero-order valence-electron chi connectivity index (χ0n) is 20.3. The topological polar surface area (TPSA) is 57.6 Å². The summed E-state index contributed by atoms with van der Waals surface area (Å²) in [5.41, 5.74) is 4.94. The average Bonchev–Trinajstić information content (AvgIpc) is 3.44. The molecule has 1 atom stereocenters. The number of rotatable bonds is 4. The Morgan fingerprint density at radius 2 is 1.80 bits per heavy atom. The van der Waals surface area contributed by atoms with Gasteiger partial charge in [-0.3, -0.25) is 4.79 Å². The van der Waals surface area contributed by atoms with E-state index < -0.39 is 0 Å². The molecule has 6 nitrogen and oxygen atoms in total. The molecule has 3 amide bonds. The number of anilines is 1. The van der Waals surface area contributed by atoms with E-state index in [0.717, 1.165) is 21.5 Å². The van der Waals surface area contributed by atoms with Gasteiger partial charge in [0.1, 0.15) is 10.5 Å². The minimum atomic E-state index is -0.123. The third-order valence-corrected chi connectivity index (χ3v) is 7.70. The van der Waals surface area contributed by atoms with Crippen molar-refractivity contribution >= 4 is 39.2 Å². The number of nitrogens with one attached hydrogen (secondary N) is 1. The van der Waals surface area contributed by atoms with Gasteiger partial charge in [-0.25, -0.2) is 4.79 Å². The number of aromatic nitrogens is 1. The van der Waals surface area contributed by atoms with Crippen molar-refractivity contribution in [3.8, 4) is 0 Å². The maximum Gasteiger partial charge on any atom is 0.322 e. The Hall–Kier alpha value is -3.58. The van der Waals surface area contributed by atoms with Crippen molar-refractivity contribution in [1.82, 2.24) is 14.4 Å². The van der Waals surface area contributed by atoms with Crippen molar-refractivity contribution in [2.75, 3.05) is 25.0 Å². The van der Waals surface area contributed by atoms with Crippen LogP contribution in [0.5, 0.6) is 0 Å². The molecule has 1 unspecified atom stereocenters. The lowest BCUT2D eigenvalue weighted by molar-refractivity contribution is 0.0583. The second kappa shape index (κ2) is 9.58. The first-order chi connectivity index (χ1) is 16.9. The van der Waals surface area contributed by atoms with Crippen molar-refractivity contribution < 1.29 is 9.59 Å². The number of aryl methyl sites for hydroxylation is 2. The molecule has 180 valence electrons. The van der Waals surface area contributed by atoms with E-state index in [-0.39, 0.29) is 18.0 Å². The molecule has 1 aliphatic rings. The zero-order chi connectivity index (χ0) is 24.5. The molecule has 0 bridgehead atoms. The molecule has 1 saturated heterocycles. The van der Waals surface area contributed by atoms with E-state index in [0.29, 0.717) is 31.9 Å². The van der Waals surface area contributed by atoms with Gasteiger partial charge in [0, 0.05) is 43.3 Å². The summed E-state index contributed by atoms with van der Waals surface area (Å²) in [5.74, 6) is 0.0197. The highest BCUT2D eigenvalue weighted by molar-refractivity contribution is 7.16. The van der Waals surface area contributed by atoms with Gasteiger partial charge in [0.15, 0.2) is 0 Å². The van der Waals surface area contributed by atoms with Gasteiger partial charge in [-0.1, -0.05) is 48.0 Å². The van der Waals surface area contributed by atoms with E-state index in [1.807, 2.05) is 54.0 Å². The van der Waals surface area contributed by atoms with E-state index >= 15 is 0 Å². The molecule has 7 heteroatoms. The number of amides is 3. The molecule has 2 aromatic carbocycles. The number of piperazine rings is 1. The minimum absolute atomic E-state index is 0.0197. The highest BCUT2D eigenvalue weighted by Gasteiger charge is 2.32. The first kappa shape index (κ1) is 23.2. The summed E-state index contributed by atoms with van der Waals surface area (Å²) in [4.78, 5) is 31.4. The van der Waals surface area contributed by atoms with Crippen LogP contribution in [0, 0.1) is 13.8 Å². The van der Waals surface area contributed by atoms with Gasteiger partial charge in [0.05, 0.1) is 0 Å². The molecule has 3 heterocycles. The van der Waals surface area contributed by atoms with Crippen LogP contribution in [0.3, 0.4) is 0 Å². The molecule has 0 aliphatic carbocycles. The largest absolute Gasteiger partial charge is 0.334 e. The van der Waals surface area contributed by atoms with E-state index in [1.165, 1.54) is 11.1 Å². The summed E-state index contributed by atoms with van der Waals surface area (Å²) in [6.45, 7) is 8.22. The summed E-state index contributed by atoms with van der Waals surface area (Å²) >= 11 is 1.66. The number of urea groups is 1. The molecular weight excluding hydrogens is 456 g/mol. The van der Waals surface area contributed by atoms with Gasteiger partial charge in [-0.2, -0.15) is 0 Å². The van der Waals surface area contributed by atoms with Crippen molar-refractivity contribution in [1.29, 1.82) is 0 Å². The molecule has 5 rings (SSSR count). The summed E-state index contributed by atoms with van der Waals surface area (Å²) in [6, 6.07) is 20.1. The van der Waals surface area contributed by atoms with Crippen molar-refractivity contribution in [3.05, 3.63) is 88.4 Å². The lowest BCUT2D eigenvalue weighted by atomic mass is 10.1. The first-order valence-electron chi connectivity index (χ1n) is 12.0. The highest BCUT2D eigenvalue weighted by Crippen LogP contribution is 2.28. The quantitative estimate of drug-likeness (QED) is 0.400. The Bertz CT molecular complexity index is 1370. The van der Waals surface area contributed by atoms with Crippen molar-refractivity contribution in [3.63, 3.8) is 0 Å². The van der Waals surface area contributed by atoms with Crippen LogP contribution < -0.4 is 5.32 Å². The standard InChI is InChI=1S/C28H30N4O2S/c1-19-8-10-22(11-9-19)18-32-25(16-23-12-15-35-27(23)32)26(33)30-13-14-31(21(3)17-30)28(34)29-24-7-5-4-6-20(24)2/h4-12,15-16,21H,13-14,17-18H2,1-3H3,(H,29,34). The van der Waals surface area contributed by atoms with Crippen LogP contribution in [-0.4, -0.2) is 52.0 Å². The van der Waals surface area contributed by atoms with Crippen LogP contribution in [-0.2, 0) is 6.54 Å². The molecule has 4 aromatic rings. The van der Waals surface area contributed by atoms with Crippen LogP contribution in [0.15, 0.2) is 66.0 Å². The van der Waals surface area contributed by atoms with Gasteiger partial charge in [-0.05, 0) is 55.5 Å². The number of para-hydroxylation sites is 1. The molecule has 35 heavy (non-hydrogen) atoms. The van der Waals surface area contributed by atoms with E-state index in [2.05, 4.69) is 52.5 Å². The minimum Gasteiger partial charge on any atom is -0.334 e. The Morgan fingerprint density at radius 3 is 2.54 bits per heavy atom. The summed E-state index contributed by atoms with van der Waals surface area (Å²) in [6.07, 6.45) is 0. The molecule has 1 fully saturated rings. The Kier molecular flexibility index (Phi) is 6.34. The van der Waals surface area contributed by atoms with Crippen molar-refractivity contribution in [2.24, 2.45) is 0 Å². The van der Waals surface area contributed by atoms with Crippen LogP contribution in [0.4, 0.5) is 10.5 Å². The third-order valence-electron chi connectivity index (χ3n) is 6.75. The Morgan fingerprint density at radius 1 is 1.03 bits per heavy atom. The number of hydrogen-bond acceptors (Lipinski definition) is 3. The van der Waals surface area contributed by atoms with Crippen LogP contribution in [0.25, 0.3) is 10.2 Å². The van der Waals surface area contributed by atoms with Gasteiger partial charge < -0.3 is 19.7 Å². The average molecular weight is 487 g/mol. The fourth-order valence-corrected chi connectivity index (χ4v) is 5.59. The Balaban J connectivity index is 1.32. The number of benzene rings is 2. The molecule has 1 N–H and O–H groups in total. The van der Waals surface area contributed by atoms with E-state index in [1.54, 1.807) is 11.3 Å². The Labute approximate surface area is 209 Å². The molecule has 0 saturated carbocycles. The molecule has 0 spiro atoms. The van der Waals surface area contributed by atoms with Gasteiger partial charge in [0.25, 0.3) is 5.91 Å². The lowest BCUT2D eigenvalue weighted by Crippen LogP contribution is -2.56. The SMILES string of the molecule is Cc1ccc(Cn2c(C(=O)N3CCN(C(=O)Nc4ccccc4C)C(C)C3)cc3ccsc32)cc1. The van der Waals surface area contributed by atoms with Gasteiger partial charge in [0.2, 0.25) is 0 Å². The fraction of sp³-hybridized carbons (Fsp3) is 0.286. The van der Waals surface area contributed by atoms with Gasteiger partial charge in [-0.15, -0.1) is 11.3 Å². The predicted molar refractivity (Wildman–Crippen MR) is 142 cm³/mol. The van der Waals surface area contributed by atoms with Crippen LogP contribution in [0.2, 0.25) is 0 Å². The fourth-order valence-electron chi connectivity index (χ4n) is 4.69. The van der Waals surface area contributed by atoms with E-state index in [9.17, 15) is 9.59 Å². The summed E-state index contributed by atoms with van der Waals surface area (Å²) in [5, 5.41) is 6.18. The number of thiophene rings is 1. The molecule has 1 aliphatic heterocycles. The zero-order valence-corrected chi connectivity index (χ0v) is 21.1. The maximum atomic E-state index is 13.7. The summed E-state index contributed by atoms with van der Waals surface area (Å²) < 4.78 is 2.13. The molecule has 0 radical (unpaired) electrons. The number of fused-ring (bicyclic) bond motifs is 1. The van der Waals surface area contributed by atoms with Crippen molar-refractivity contribution in [2.45, 2.75) is 33.4 Å². The molecule has 2 aromatic heterocycles. The second-order valence-electron chi connectivity index (χ2n) is 9.32. The van der Waals surface area contributed by atoms with E-state index in [4.69, 9.17) is 0 Å². The first-order valence-corrected chi connectivity index (χ1v) is 12.8. The normalized spacial score (nSPS) is 16.0. The summed E-state index contributed by atoms with van der Waals surface area (Å²) in [7, 11) is 0. The van der Waals surface area contributed by atoms with Crippen LogP contribution in [0.1, 0.15) is 34.1 Å². The third kappa shape index (κ3) is 4.68. The second-order valence-corrected chi connectivity index (χ2v) is 10.2. The molecular formula is C28H30N4O2S. The number of nitrogens with zero attached hydrogens (tertiary/aromatic N) is 3. The van der Waals surface area contributed by atoms with Gasteiger partial charge >= 0.3 is 6.03 Å². The highest BCUT2D eigenvalue weighted by atomic mass is 32.1. The maximum absolute atomic E-state index is 13.7. The number of carbonyl (C=O) groups excluding carboxylic acids is 2. The van der Waals surface area contributed by atoms with Crippen LogP contribution >= 0.6 is 11.3 Å². The number of carbonyl (C=O) groups is 2.